The van der Waals surface area contributed by atoms with Gasteiger partial charge in [0.1, 0.15) is 0 Å². The molecule has 0 saturated carbocycles. The van der Waals surface area contributed by atoms with Crippen molar-refractivity contribution in [2.45, 2.75) is 46.1 Å². The van der Waals surface area contributed by atoms with Crippen LogP contribution in [0.2, 0.25) is 0 Å². The first-order valence-electron chi connectivity index (χ1n) is 7.36. The van der Waals surface area contributed by atoms with Gasteiger partial charge in [0.25, 0.3) is 0 Å². The van der Waals surface area contributed by atoms with E-state index in [9.17, 15) is 4.79 Å². The number of Topliss-reactive ketones (excluding diaryl/α,β-unsaturated/α-hetero) is 1. The Kier molecular flexibility index (Phi) is 4.76. The first-order valence-corrected chi connectivity index (χ1v) is 7.36. The van der Waals surface area contributed by atoms with Crippen LogP contribution in [-0.4, -0.2) is 18.5 Å². The van der Waals surface area contributed by atoms with Crippen molar-refractivity contribution in [3.8, 4) is 0 Å². The zero-order valence-electron chi connectivity index (χ0n) is 12.2. The average molecular weight is 260 g/mol. The van der Waals surface area contributed by atoms with E-state index >= 15 is 0 Å². The summed E-state index contributed by atoms with van der Waals surface area (Å²) >= 11 is 0. The largest absolute Gasteiger partial charge is 0.377 e. The summed E-state index contributed by atoms with van der Waals surface area (Å²) in [5.74, 6) is 0.954. The molecule has 2 nitrogen and oxygen atoms in total. The average Bonchev–Trinajstić information content (AvgIpc) is 2.86. The fourth-order valence-electron chi connectivity index (χ4n) is 2.84. The molecule has 19 heavy (non-hydrogen) atoms. The summed E-state index contributed by atoms with van der Waals surface area (Å²) in [6, 6.07) is 8.13. The Hall–Kier alpha value is -1.15. The van der Waals surface area contributed by atoms with Crippen LogP contribution in [0.25, 0.3) is 0 Å². The molecule has 0 bridgehead atoms. The number of carbonyl (C=O) groups is 1. The van der Waals surface area contributed by atoms with Crippen LogP contribution in [0.3, 0.4) is 0 Å². The molecule has 2 atom stereocenters. The Morgan fingerprint density at radius 3 is 2.58 bits per heavy atom. The van der Waals surface area contributed by atoms with E-state index in [2.05, 4.69) is 32.9 Å². The second-order valence-corrected chi connectivity index (χ2v) is 5.87. The molecule has 2 heteroatoms. The first-order chi connectivity index (χ1) is 9.11. The van der Waals surface area contributed by atoms with Gasteiger partial charge < -0.3 is 4.74 Å². The summed E-state index contributed by atoms with van der Waals surface area (Å²) in [5.41, 5.74) is 2.14. The lowest BCUT2D eigenvalue weighted by molar-refractivity contribution is 0.0689. The van der Waals surface area contributed by atoms with Gasteiger partial charge in [0.15, 0.2) is 5.78 Å². The van der Waals surface area contributed by atoms with Gasteiger partial charge in [-0.1, -0.05) is 45.0 Å². The quantitative estimate of drug-likeness (QED) is 0.751. The second-order valence-electron chi connectivity index (χ2n) is 5.87. The SMILES string of the molecule is CCC1OCCC1C(=O)c1ccc(CC(C)C)cc1. The lowest BCUT2D eigenvalue weighted by Crippen LogP contribution is -2.23. The number of benzene rings is 1. The van der Waals surface area contributed by atoms with Crippen LogP contribution < -0.4 is 0 Å². The van der Waals surface area contributed by atoms with E-state index in [0.29, 0.717) is 5.92 Å². The van der Waals surface area contributed by atoms with Crippen LogP contribution in [0.15, 0.2) is 24.3 Å². The van der Waals surface area contributed by atoms with E-state index in [0.717, 1.165) is 31.4 Å². The monoisotopic (exact) mass is 260 g/mol. The normalized spacial score (nSPS) is 22.9. The molecule has 104 valence electrons. The van der Waals surface area contributed by atoms with Gasteiger partial charge in [-0.25, -0.2) is 0 Å². The molecule has 1 fully saturated rings. The van der Waals surface area contributed by atoms with Gasteiger partial charge in [-0.3, -0.25) is 4.79 Å². The molecule has 0 amide bonds. The molecule has 2 rings (SSSR count). The second kappa shape index (κ2) is 6.33. The topological polar surface area (TPSA) is 26.3 Å². The number of hydrogen-bond donors (Lipinski definition) is 0. The van der Waals surface area contributed by atoms with Crippen molar-refractivity contribution >= 4 is 5.78 Å². The fraction of sp³-hybridized carbons (Fsp3) is 0.588. The van der Waals surface area contributed by atoms with Crippen molar-refractivity contribution in [3.05, 3.63) is 35.4 Å². The number of hydrogen-bond acceptors (Lipinski definition) is 2. The van der Waals surface area contributed by atoms with Gasteiger partial charge >= 0.3 is 0 Å². The van der Waals surface area contributed by atoms with Crippen LogP contribution in [0.5, 0.6) is 0 Å². The predicted octanol–water partition coefficient (Wildman–Crippen LogP) is 3.88. The number of ketones is 1. The van der Waals surface area contributed by atoms with Crippen LogP contribution in [0.1, 0.15) is 49.5 Å². The Bertz CT molecular complexity index is 419. The Morgan fingerprint density at radius 2 is 2.00 bits per heavy atom. The highest BCUT2D eigenvalue weighted by Gasteiger charge is 2.33. The van der Waals surface area contributed by atoms with E-state index in [1.54, 1.807) is 0 Å². The maximum absolute atomic E-state index is 12.5. The summed E-state index contributed by atoms with van der Waals surface area (Å²) in [7, 11) is 0. The van der Waals surface area contributed by atoms with Crippen molar-refractivity contribution in [2.75, 3.05) is 6.61 Å². The molecule has 0 spiro atoms. The minimum atomic E-state index is 0.0564. The van der Waals surface area contributed by atoms with Gasteiger partial charge in [-0.15, -0.1) is 0 Å². The summed E-state index contributed by atoms with van der Waals surface area (Å²) < 4.78 is 5.61. The highest BCUT2D eigenvalue weighted by molar-refractivity contribution is 5.98. The van der Waals surface area contributed by atoms with E-state index in [4.69, 9.17) is 4.74 Å². The van der Waals surface area contributed by atoms with Crippen LogP contribution >= 0.6 is 0 Å². The molecule has 0 N–H and O–H groups in total. The standard InChI is InChI=1S/C17H24O2/c1-4-16-15(9-10-19-16)17(18)14-7-5-13(6-8-14)11-12(2)3/h5-8,12,15-16H,4,9-11H2,1-3H3. The summed E-state index contributed by atoms with van der Waals surface area (Å²) in [5, 5.41) is 0. The Labute approximate surface area is 116 Å². The van der Waals surface area contributed by atoms with Crippen molar-refractivity contribution in [2.24, 2.45) is 11.8 Å². The highest BCUT2D eigenvalue weighted by Crippen LogP contribution is 2.27. The third-order valence-corrected chi connectivity index (χ3v) is 3.83. The van der Waals surface area contributed by atoms with Gasteiger partial charge in [0.2, 0.25) is 0 Å². The smallest absolute Gasteiger partial charge is 0.168 e. The molecule has 2 unspecified atom stereocenters. The summed E-state index contributed by atoms with van der Waals surface area (Å²) in [6.45, 7) is 7.23. The molecule has 1 aliphatic rings. The third kappa shape index (κ3) is 3.44. The van der Waals surface area contributed by atoms with Gasteiger partial charge in [0, 0.05) is 12.2 Å². The van der Waals surface area contributed by atoms with E-state index < -0.39 is 0 Å². The maximum atomic E-state index is 12.5. The molecular weight excluding hydrogens is 236 g/mol. The molecule has 0 radical (unpaired) electrons. The minimum Gasteiger partial charge on any atom is -0.377 e. The molecule has 1 aromatic carbocycles. The van der Waals surface area contributed by atoms with Gasteiger partial charge in [0.05, 0.1) is 12.0 Å². The van der Waals surface area contributed by atoms with E-state index in [1.807, 2.05) is 12.1 Å². The lowest BCUT2D eigenvalue weighted by Gasteiger charge is -2.15. The fourth-order valence-corrected chi connectivity index (χ4v) is 2.84. The zero-order valence-corrected chi connectivity index (χ0v) is 12.2. The first kappa shape index (κ1) is 14.3. The summed E-state index contributed by atoms with van der Waals surface area (Å²) in [6.07, 6.45) is 2.97. The number of rotatable bonds is 5. The van der Waals surface area contributed by atoms with Crippen LogP contribution in [0, 0.1) is 11.8 Å². The number of ether oxygens (including phenoxy) is 1. The van der Waals surface area contributed by atoms with Gasteiger partial charge in [-0.05, 0) is 30.7 Å². The minimum absolute atomic E-state index is 0.0564. The van der Waals surface area contributed by atoms with E-state index in [1.165, 1.54) is 5.56 Å². The predicted molar refractivity (Wildman–Crippen MR) is 77.5 cm³/mol. The molecule has 1 saturated heterocycles. The van der Waals surface area contributed by atoms with Crippen molar-refractivity contribution < 1.29 is 9.53 Å². The van der Waals surface area contributed by atoms with E-state index in [-0.39, 0.29) is 17.8 Å². The molecule has 0 aliphatic carbocycles. The maximum Gasteiger partial charge on any atom is 0.168 e. The number of carbonyl (C=O) groups excluding carboxylic acids is 1. The molecule has 0 aromatic heterocycles. The summed E-state index contributed by atoms with van der Waals surface area (Å²) in [4.78, 5) is 12.5. The van der Waals surface area contributed by atoms with Crippen molar-refractivity contribution in [3.63, 3.8) is 0 Å². The van der Waals surface area contributed by atoms with Crippen LogP contribution in [-0.2, 0) is 11.2 Å². The molecule has 1 heterocycles. The van der Waals surface area contributed by atoms with Crippen molar-refractivity contribution in [1.82, 2.24) is 0 Å². The molecule has 1 aliphatic heterocycles. The molecule has 1 aromatic rings. The molecular formula is C17H24O2. The Balaban J connectivity index is 2.07. The Morgan fingerprint density at radius 1 is 1.32 bits per heavy atom. The van der Waals surface area contributed by atoms with Gasteiger partial charge in [-0.2, -0.15) is 0 Å². The third-order valence-electron chi connectivity index (χ3n) is 3.83. The van der Waals surface area contributed by atoms with Crippen molar-refractivity contribution in [1.29, 1.82) is 0 Å². The highest BCUT2D eigenvalue weighted by atomic mass is 16.5. The van der Waals surface area contributed by atoms with Crippen LogP contribution in [0.4, 0.5) is 0 Å². The lowest BCUT2D eigenvalue weighted by atomic mass is 9.90. The zero-order chi connectivity index (χ0) is 13.8.